The second kappa shape index (κ2) is 7.62. The van der Waals surface area contributed by atoms with Gasteiger partial charge in [0.1, 0.15) is 0 Å². The second-order valence-corrected chi connectivity index (χ2v) is 3.58. The summed E-state index contributed by atoms with van der Waals surface area (Å²) >= 11 is 0. The van der Waals surface area contributed by atoms with Crippen LogP contribution in [-0.2, 0) is 4.79 Å². The zero-order valence-corrected chi connectivity index (χ0v) is 10.4. The molecule has 1 aliphatic heterocycles. The number of nitrogens with two attached hydrogens (primary N) is 1. The van der Waals surface area contributed by atoms with Crippen LogP contribution < -0.4 is 5.84 Å². The molecule has 1 heterocycles. The first kappa shape index (κ1) is 14.3. The van der Waals surface area contributed by atoms with E-state index in [0.29, 0.717) is 6.54 Å². The molecule has 1 saturated heterocycles. The largest absolute Gasteiger partial charge is 0.304 e. The van der Waals surface area contributed by atoms with E-state index < -0.39 is 0 Å². The van der Waals surface area contributed by atoms with Gasteiger partial charge in [-0.3, -0.25) is 14.7 Å². The van der Waals surface area contributed by atoms with Crippen molar-refractivity contribution in [1.29, 1.82) is 0 Å². The van der Waals surface area contributed by atoms with Crippen LogP contribution in [0.2, 0.25) is 0 Å². The van der Waals surface area contributed by atoms with Gasteiger partial charge in [0.05, 0.1) is 6.54 Å². The molecule has 5 nitrogen and oxygen atoms in total. The average molecular weight is 216 g/mol. The predicted octanol–water partition coefficient (Wildman–Crippen LogP) is -0.408. The van der Waals surface area contributed by atoms with Crippen molar-refractivity contribution in [2.45, 2.75) is 13.8 Å². The van der Waals surface area contributed by atoms with Crippen molar-refractivity contribution in [3.63, 3.8) is 0 Å². The number of hydrazine groups is 1. The third-order valence-corrected chi connectivity index (χ3v) is 2.35. The Kier molecular flexibility index (Phi) is 7.29. The van der Waals surface area contributed by atoms with E-state index in [0.717, 1.165) is 31.2 Å². The second-order valence-electron chi connectivity index (χ2n) is 3.58. The van der Waals surface area contributed by atoms with Crippen LogP contribution in [0.15, 0.2) is 0 Å². The lowest BCUT2D eigenvalue weighted by Crippen LogP contribution is -2.49. The van der Waals surface area contributed by atoms with Crippen molar-refractivity contribution >= 4 is 5.91 Å². The van der Waals surface area contributed by atoms with Gasteiger partial charge in [-0.1, -0.05) is 13.8 Å². The van der Waals surface area contributed by atoms with Gasteiger partial charge in [0.2, 0.25) is 5.91 Å². The Morgan fingerprint density at radius 3 is 2.13 bits per heavy atom. The van der Waals surface area contributed by atoms with Gasteiger partial charge in [0, 0.05) is 33.2 Å². The standard InChI is InChI=1S/C8H18N4O.C2H6/c1-10-3-5-12(6-4-10)7-8(13)11(2)9;1-2/h3-7,9H2,1-2H3;1-2H3. The number of piperazine rings is 1. The maximum absolute atomic E-state index is 11.2. The topological polar surface area (TPSA) is 52.8 Å². The lowest BCUT2D eigenvalue weighted by atomic mass is 10.3. The van der Waals surface area contributed by atoms with Crippen LogP contribution in [0, 0.1) is 0 Å². The number of hydrogen-bond donors (Lipinski definition) is 1. The maximum Gasteiger partial charge on any atom is 0.250 e. The molecule has 0 saturated carbocycles. The molecule has 90 valence electrons. The Labute approximate surface area is 92.8 Å². The van der Waals surface area contributed by atoms with E-state index in [2.05, 4.69) is 16.8 Å². The van der Waals surface area contributed by atoms with Crippen molar-refractivity contribution in [1.82, 2.24) is 14.8 Å². The molecule has 2 N–H and O–H groups in total. The minimum absolute atomic E-state index is 0.0236. The van der Waals surface area contributed by atoms with Crippen LogP contribution in [0.1, 0.15) is 13.8 Å². The van der Waals surface area contributed by atoms with Crippen molar-refractivity contribution in [2.24, 2.45) is 5.84 Å². The van der Waals surface area contributed by atoms with Crippen LogP contribution in [0.25, 0.3) is 0 Å². The summed E-state index contributed by atoms with van der Waals surface area (Å²) in [6.45, 7) is 8.41. The van der Waals surface area contributed by atoms with Gasteiger partial charge in [0.15, 0.2) is 0 Å². The highest BCUT2D eigenvalue weighted by Crippen LogP contribution is 1.98. The molecule has 0 aliphatic carbocycles. The van der Waals surface area contributed by atoms with Gasteiger partial charge in [-0.15, -0.1) is 0 Å². The number of carbonyl (C=O) groups excluding carboxylic acids is 1. The third-order valence-electron chi connectivity index (χ3n) is 2.35. The lowest BCUT2D eigenvalue weighted by molar-refractivity contribution is -0.131. The molecule has 1 fully saturated rings. The molecule has 0 radical (unpaired) electrons. The summed E-state index contributed by atoms with van der Waals surface area (Å²) in [6, 6.07) is 0. The van der Waals surface area contributed by atoms with Gasteiger partial charge in [-0.2, -0.15) is 0 Å². The summed E-state index contributed by atoms with van der Waals surface area (Å²) in [5.74, 6) is 5.30. The summed E-state index contributed by atoms with van der Waals surface area (Å²) in [6.07, 6.45) is 0. The molecule has 0 atom stereocenters. The van der Waals surface area contributed by atoms with Gasteiger partial charge < -0.3 is 4.90 Å². The van der Waals surface area contributed by atoms with Crippen LogP contribution in [0.4, 0.5) is 0 Å². The van der Waals surface area contributed by atoms with Crippen LogP contribution in [-0.4, -0.2) is 67.5 Å². The molecule has 15 heavy (non-hydrogen) atoms. The molecule has 0 aromatic carbocycles. The Hall–Kier alpha value is -0.650. The summed E-state index contributed by atoms with van der Waals surface area (Å²) in [4.78, 5) is 15.6. The molecule has 0 unspecified atom stereocenters. The molecule has 1 amide bonds. The van der Waals surface area contributed by atoms with E-state index in [4.69, 9.17) is 5.84 Å². The van der Waals surface area contributed by atoms with Crippen molar-refractivity contribution in [3.8, 4) is 0 Å². The Bertz CT molecular complexity index is 176. The lowest BCUT2D eigenvalue weighted by Gasteiger charge is -2.32. The van der Waals surface area contributed by atoms with Gasteiger partial charge in [0.25, 0.3) is 0 Å². The van der Waals surface area contributed by atoms with Gasteiger partial charge in [-0.25, -0.2) is 5.84 Å². The third kappa shape index (κ3) is 5.71. The average Bonchev–Trinajstić information content (AvgIpc) is 2.24. The maximum atomic E-state index is 11.2. The Balaban J connectivity index is 0.000000921. The highest BCUT2D eigenvalue weighted by Gasteiger charge is 2.17. The number of rotatable bonds is 2. The first-order chi connectivity index (χ1) is 7.09. The first-order valence-corrected chi connectivity index (χ1v) is 5.52. The molecule has 0 spiro atoms. The normalized spacial score (nSPS) is 17.9. The van der Waals surface area contributed by atoms with E-state index in [1.807, 2.05) is 13.8 Å². The molecule has 5 heteroatoms. The highest BCUT2D eigenvalue weighted by atomic mass is 16.2. The predicted molar refractivity (Wildman–Crippen MR) is 62.2 cm³/mol. The van der Waals surface area contributed by atoms with Crippen LogP contribution >= 0.6 is 0 Å². The summed E-state index contributed by atoms with van der Waals surface area (Å²) in [7, 11) is 3.67. The molecule has 0 aromatic heterocycles. The zero-order valence-electron chi connectivity index (χ0n) is 10.4. The Morgan fingerprint density at radius 2 is 1.73 bits per heavy atom. The number of hydrogen-bond acceptors (Lipinski definition) is 4. The quantitative estimate of drug-likeness (QED) is 0.387. The van der Waals surface area contributed by atoms with E-state index in [1.165, 1.54) is 0 Å². The number of nitrogens with zero attached hydrogens (tertiary/aromatic N) is 3. The molecule has 1 aliphatic rings. The summed E-state index contributed by atoms with van der Waals surface area (Å²) < 4.78 is 0. The minimum atomic E-state index is -0.0236. The van der Waals surface area contributed by atoms with Gasteiger partial charge in [-0.05, 0) is 7.05 Å². The summed E-state index contributed by atoms with van der Waals surface area (Å²) in [5.41, 5.74) is 0. The minimum Gasteiger partial charge on any atom is -0.304 e. The zero-order chi connectivity index (χ0) is 11.8. The molecule has 1 rings (SSSR count). The van der Waals surface area contributed by atoms with Crippen LogP contribution in [0.5, 0.6) is 0 Å². The fourth-order valence-corrected chi connectivity index (χ4v) is 1.31. The number of amides is 1. The number of carbonyl (C=O) groups is 1. The molecular formula is C10H24N4O. The highest BCUT2D eigenvalue weighted by molar-refractivity contribution is 5.77. The van der Waals surface area contributed by atoms with Crippen molar-refractivity contribution in [2.75, 3.05) is 46.8 Å². The smallest absolute Gasteiger partial charge is 0.250 e. The molecule has 0 aromatic rings. The van der Waals surface area contributed by atoms with E-state index in [9.17, 15) is 4.79 Å². The Morgan fingerprint density at radius 1 is 1.27 bits per heavy atom. The fraction of sp³-hybridized carbons (Fsp3) is 0.900. The SMILES string of the molecule is CC.CN1CCN(CC(=O)N(C)N)CC1. The van der Waals surface area contributed by atoms with E-state index in [-0.39, 0.29) is 5.91 Å². The van der Waals surface area contributed by atoms with E-state index in [1.54, 1.807) is 7.05 Å². The van der Waals surface area contributed by atoms with Crippen LogP contribution in [0.3, 0.4) is 0 Å². The molecule has 0 bridgehead atoms. The van der Waals surface area contributed by atoms with Gasteiger partial charge >= 0.3 is 0 Å². The first-order valence-electron chi connectivity index (χ1n) is 5.52. The fourth-order valence-electron chi connectivity index (χ4n) is 1.31. The molecular weight excluding hydrogens is 192 g/mol. The number of likely N-dealkylation sites (N-methyl/N-ethyl adjacent to an activating group) is 2. The summed E-state index contributed by atoms with van der Waals surface area (Å²) in [5, 5.41) is 1.15. The van der Waals surface area contributed by atoms with E-state index >= 15 is 0 Å². The monoisotopic (exact) mass is 216 g/mol. The van der Waals surface area contributed by atoms with Crippen molar-refractivity contribution in [3.05, 3.63) is 0 Å². The van der Waals surface area contributed by atoms with Crippen molar-refractivity contribution < 1.29 is 4.79 Å².